The number of hydrogen-bond acceptors (Lipinski definition) is 1. The summed E-state index contributed by atoms with van der Waals surface area (Å²) in [5.74, 6) is 1.01. The Bertz CT molecular complexity index is 334. The summed E-state index contributed by atoms with van der Waals surface area (Å²) in [6, 6.07) is 11.7. The predicted molar refractivity (Wildman–Crippen MR) is 74.4 cm³/mol. The van der Waals surface area contributed by atoms with Gasteiger partial charge in [0.15, 0.2) is 0 Å². The highest BCUT2D eigenvalue weighted by Crippen LogP contribution is 2.28. The molecule has 0 bridgehead atoms. The molecule has 1 nitrogen and oxygen atoms in total. The maximum Gasteiger partial charge on any atom is 0.250 e. The van der Waals surface area contributed by atoms with Gasteiger partial charge < -0.3 is 4.43 Å². The second-order valence-corrected chi connectivity index (χ2v) is 8.78. The Balaban J connectivity index is 2.97. The van der Waals surface area contributed by atoms with E-state index in [4.69, 9.17) is 4.43 Å². The monoisotopic (exact) mass is 234 g/mol. The van der Waals surface area contributed by atoms with Gasteiger partial charge in [0.1, 0.15) is 5.75 Å². The maximum absolute atomic E-state index is 6.34. The minimum Gasteiger partial charge on any atom is -0.543 e. The van der Waals surface area contributed by atoms with Crippen LogP contribution in [-0.4, -0.2) is 8.32 Å². The first-order chi connectivity index (χ1) is 7.71. The summed E-state index contributed by atoms with van der Waals surface area (Å²) in [5, 5.41) is 0. The summed E-state index contributed by atoms with van der Waals surface area (Å²) in [6.45, 7) is 10.6. The van der Waals surface area contributed by atoms with Crippen LogP contribution >= 0.6 is 0 Å². The summed E-state index contributed by atoms with van der Waals surface area (Å²) in [7, 11) is -1.55. The summed E-state index contributed by atoms with van der Waals surface area (Å²) in [4.78, 5) is 0. The van der Waals surface area contributed by atoms with E-state index in [9.17, 15) is 0 Å². The Morgan fingerprint density at radius 1 is 1.12 bits per heavy atom. The fraction of sp³-hybridized carbons (Fsp3) is 0.429. The zero-order valence-corrected chi connectivity index (χ0v) is 11.6. The van der Waals surface area contributed by atoms with Crippen LogP contribution in [0, 0.1) is 0 Å². The van der Waals surface area contributed by atoms with Crippen LogP contribution in [-0.2, 0) is 0 Å². The van der Waals surface area contributed by atoms with Gasteiger partial charge >= 0.3 is 0 Å². The van der Waals surface area contributed by atoms with Crippen molar-refractivity contribution in [3.8, 4) is 5.75 Å². The molecule has 0 fully saturated rings. The van der Waals surface area contributed by atoms with E-state index in [0.717, 1.165) is 11.3 Å². The molecule has 0 spiro atoms. The first kappa shape index (κ1) is 13.0. The van der Waals surface area contributed by atoms with Gasteiger partial charge in [-0.3, -0.25) is 0 Å². The van der Waals surface area contributed by atoms with Crippen molar-refractivity contribution in [1.82, 2.24) is 0 Å². The molecule has 0 radical (unpaired) electrons. The molecule has 1 aromatic rings. The molecule has 0 unspecified atom stereocenters. The van der Waals surface area contributed by atoms with Crippen molar-refractivity contribution in [2.24, 2.45) is 0 Å². The van der Waals surface area contributed by atoms with Crippen LogP contribution in [0.5, 0.6) is 5.75 Å². The van der Waals surface area contributed by atoms with Crippen molar-refractivity contribution < 1.29 is 4.43 Å². The average Bonchev–Trinajstić information content (AvgIpc) is 2.36. The van der Waals surface area contributed by atoms with Crippen molar-refractivity contribution in [3.63, 3.8) is 0 Å². The van der Waals surface area contributed by atoms with Gasteiger partial charge in [-0.2, -0.15) is 0 Å². The van der Waals surface area contributed by atoms with Crippen LogP contribution in [0.2, 0.25) is 18.1 Å². The Labute approximate surface area is 100 Å². The molecule has 2 heteroatoms. The van der Waals surface area contributed by atoms with Crippen molar-refractivity contribution in [2.45, 2.75) is 38.9 Å². The van der Waals surface area contributed by atoms with Gasteiger partial charge in [-0.25, -0.2) is 0 Å². The first-order valence-electron chi connectivity index (χ1n) is 6.11. The van der Waals surface area contributed by atoms with Crippen LogP contribution < -0.4 is 4.43 Å². The smallest absolute Gasteiger partial charge is 0.250 e. The van der Waals surface area contributed by atoms with E-state index >= 15 is 0 Å². The summed E-state index contributed by atoms with van der Waals surface area (Å²) in [6.07, 6.45) is 1.87. The molecule has 0 amide bonds. The van der Waals surface area contributed by atoms with Gasteiger partial charge in [-0.1, -0.05) is 51.6 Å². The minimum atomic E-state index is -1.55. The highest BCUT2D eigenvalue weighted by Gasteiger charge is 2.31. The topological polar surface area (TPSA) is 9.23 Å². The summed E-state index contributed by atoms with van der Waals surface area (Å²) < 4.78 is 6.34. The average molecular weight is 234 g/mol. The quantitative estimate of drug-likeness (QED) is 0.647. The molecule has 0 saturated carbocycles. The molecule has 0 heterocycles. The van der Waals surface area contributed by atoms with Crippen molar-refractivity contribution in [1.29, 1.82) is 0 Å². The van der Waals surface area contributed by atoms with E-state index in [1.807, 2.05) is 18.2 Å². The molecule has 0 aliphatic heterocycles. The van der Waals surface area contributed by atoms with Crippen molar-refractivity contribution in [2.75, 3.05) is 0 Å². The summed E-state index contributed by atoms with van der Waals surface area (Å²) >= 11 is 0. The van der Waals surface area contributed by atoms with E-state index in [1.165, 1.54) is 18.1 Å². The molecule has 16 heavy (non-hydrogen) atoms. The van der Waals surface area contributed by atoms with E-state index in [0.29, 0.717) is 0 Å². The Kier molecular flexibility index (Phi) is 4.81. The zero-order valence-electron chi connectivity index (χ0n) is 10.6. The fourth-order valence-corrected chi connectivity index (χ4v) is 4.53. The lowest BCUT2D eigenvalue weighted by Gasteiger charge is -2.29. The first-order valence-corrected chi connectivity index (χ1v) is 8.64. The second-order valence-electron chi connectivity index (χ2n) is 4.09. The third-order valence-electron chi connectivity index (χ3n) is 3.40. The lowest BCUT2D eigenvalue weighted by molar-refractivity contribution is 0.531. The Hall–Kier alpha value is -1.02. The lowest BCUT2D eigenvalue weighted by Crippen LogP contribution is -2.39. The van der Waals surface area contributed by atoms with E-state index < -0.39 is 8.32 Å². The Morgan fingerprint density at radius 3 is 2.19 bits per heavy atom. The summed E-state index contributed by atoms with van der Waals surface area (Å²) in [5.41, 5.74) is 1.11. The van der Waals surface area contributed by atoms with Crippen LogP contribution in [0.1, 0.15) is 26.3 Å². The SMILES string of the molecule is C=Cc1ccccc1O[Si](CC)(CC)CC. The molecule has 0 aliphatic rings. The molecule has 0 saturated heterocycles. The number of hydrogen-bond donors (Lipinski definition) is 0. The number of para-hydroxylation sites is 1. The highest BCUT2D eigenvalue weighted by molar-refractivity contribution is 6.74. The molecule has 0 N–H and O–H groups in total. The van der Waals surface area contributed by atoms with Crippen LogP contribution in [0.25, 0.3) is 6.08 Å². The third-order valence-corrected chi connectivity index (χ3v) is 7.92. The lowest BCUT2D eigenvalue weighted by atomic mass is 10.2. The van der Waals surface area contributed by atoms with Gasteiger partial charge in [-0.15, -0.1) is 0 Å². The van der Waals surface area contributed by atoms with Crippen molar-refractivity contribution in [3.05, 3.63) is 36.4 Å². The van der Waals surface area contributed by atoms with E-state index in [-0.39, 0.29) is 0 Å². The van der Waals surface area contributed by atoms with Gasteiger partial charge in [0.2, 0.25) is 0 Å². The molecule has 88 valence electrons. The molecule has 0 atom stereocenters. The predicted octanol–water partition coefficient (Wildman–Crippen LogP) is 4.71. The molecular formula is C14H22OSi. The van der Waals surface area contributed by atoms with Gasteiger partial charge in [0, 0.05) is 5.56 Å². The van der Waals surface area contributed by atoms with E-state index in [2.05, 4.69) is 39.5 Å². The van der Waals surface area contributed by atoms with Crippen molar-refractivity contribution >= 4 is 14.4 Å². The largest absolute Gasteiger partial charge is 0.543 e. The van der Waals surface area contributed by atoms with Crippen LogP contribution in [0.3, 0.4) is 0 Å². The fourth-order valence-electron chi connectivity index (χ4n) is 1.94. The van der Waals surface area contributed by atoms with Gasteiger partial charge in [0.25, 0.3) is 8.32 Å². The number of rotatable bonds is 6. The standard InChI is InChI=1S/C14H22OSi/c1-5-13-11-9-10-12-14(13)15-16(6-2,7-3)8-4/h5,9-12H,1,6-8H2,2-4H3. The highest BCUT2D eigenvalue weighted by atomic mass is 28.4. The molecule has 0 aliphatic carbocycles. The van der Waals surface area contributed by atoms with Gasteiger partial charge in [0.05, 0.1) is 0 Å². The Morgan fingerprint density at radius 2 is 1.69 bits per heavy atom. The normalized spacial score (nSPS) is 11.2. The van der Waals surface area contributed by atoms with Crippen LogP contribution in [0.15, 0.2) is 30.8 Å². The number of benzene rings is 1. The van der Waals surface area contributed by atoms with Gasteiger partial charge in [-0.05, 0) is 24.2 Å². The zero-order chi connectivity index (χ0) is 12.0. The molecule has 1 rings (SSSR count). The second kappa shape index (κ2) is 5.90. The van der Waals surface area contributed by atoms with Crippen LogP contribution in [0.4, 0.5) is 0 Å². The molecule has 0 aromatic heterocycles. The third kappa shape index (κ3) is 2.76. The maximum atomic E-state index is 6.34. The minimum absolute atomic E-state index is 1.01. The molecule has 1 aromatic carbocycles. The molecular weight excluding hydrogens is 212 g/mol. The van der Waals surface area contributed by atoms with E-state index in [1.54, 1.807) is 0 Å².